The summed E-state index contributed by atoms with van der Waals surface area (Å²) in [5.41, 5.74) is 2.23. The lowest BCUT2D eigenvalue weighted by Crippen LogP contribution is -2.09. The molecular formula is C18H17N3O2S2. The first-order valence-corrected chi connectivity index (χ1v) is 9.43. The number of carbonyl (C=O) groups excluding carboxylic acids is 2. The van der Waals surface area contributed by atoms with Crippen molar-refractivity contribution in [1.29, 1.82) is 0 Å². The standard InChI is InChI=1S/C18H17N3O2S2/c1-10(2)12-4-6-13(7-5-12)17-20-21-18(25-17)19-16(23)15-9-8-14(24-15)11(3)22/h4-10H,1-3H3,(H,19,21,23). The first-order chi connectivity index (χ1) is 11.9. The van der Waals surface area contributed by atoms with Gasteiger partial charge in [0.05, 0.1) is 9.75 Å². The van der Waals surface area contributed by atoms with Gasteiger partial charge in [0, 0.05) is 5.56 Å². The van der Waals surface area contributed by atoms with Gasteiger partial charge in [-0.25, -0.2) is 0 Å². The van der Waals surface area contributed by atoms with Gasteiger partial charge in [-0.3, -0.25) is 14.9 Å². The first-order valence-electron chi connectivity index (χ1n) is 7.80. The lowest BCUT2D eigenvalue weighted by molar-refractivity contribution is 0.101. The molecule has 0 fully saturated rings. The molecule has 0 spiro atoms. The van der Waals surface area contributed by atoms with Crippen LogP contribution in [0.2, 0.25) is 0 Å². The van der Waals surface area contributed by atoms with Crippen molar-refractivity contribution < 1.29 is 9.59 Å². The normalized spacial score (nSPS) is 10.9. The number of thiophene rings is 1. The molecule has 7 heteroatoms. The minimum Gasteiger partial charge on any atom is -0.296 e. The summed E-state index contributed by atoms with van der Waals surface area (Å²) < 4.78 is 0. The fourth-order valence-corrected chi connectivity index (χ4v) is 3.75. The molecule has 0 unspecified atom stereocenters. The fourth-order valence-electron chi connectivity index (χ4n) is 2.21. The number of carbonyl (C=O) groups is 2. The number of amides is 1. The first kappa shape index (κ1) is 17.4. The highest BCUT2D eigenvalue weighted by Gasteiger charge is 2.14. The van der Waals surface area contributed by atoms with E-state index in [2.05, 4.69) is 41.5 Å². The number of rotatable bonds is 5. The van der Waals surface area contributed by atoms with Crippen LogP contribution in [0.1, 0.15) is 51.6 Å². The average Bonchev–Trinajstić information content (AvgIpc) is 3.24. The summed E-state index contributed by atoms with van der Waals surface area (Å²) in [4.78, 5) is 24.6. The zero-order valence-corrected chi connectivity index (χ0v) is 15.7. The maximum atomic E-state index is 12.2. The number of anilines is 1. The molecule has 1 aromatic carbocycles. The number of hydrogen-bond acceptors (Lipinski definition) is 6. The SMILES string of the molecule is CC(=O)c1ccc(C(=O)Nc2nnc(-c3ccc(C(C)C)cc3)s2)s1. The van der Waals surface area contributed by atoms with E-state index in [1.165, 1.54) is 35.2 Å². The van der Waals surface area contributed by atoms with Crippen LogP contribution in [0.4, 0.5) is 5.13 Å². The summed E-state index contributed by atoms with van der Waals surface area (Å²) in [5.74, 6) is 0.145. The summed E-state index contributed by atoms with van der Waals surface area (Å²) in [6.07, 6.45) is 0. The van der Waals surface area contributed by atoms with Gasteiger partial charge >= 0.3 is 0 Å². The summed E-state index contributed by atoms with van der Waals surface area (Å²) in [7, 11) is 0. The van der Waals surface area contributed by atoms with Crippen molar-refractivity contribution in [1.82, 2.24) is 10.2 Å². The summed E-state index contributed by atoms with van der Waals surface area (Å²) in [5, 5.41) is 12.1. The van der Waals surface area contributed by atoms with Crippen LogP contribution in [0.5, 0.6) is 0 Å². The van der Waals surface area contributed by atoms with Crippen LogP contribution >= 0.6 is 22.7 Å². The summed E-state index contributed by atoms with van der Waals surface area (Å²) >= 11 is 2.49. The molecule has 1 amide bonds. The van der Waals surface area contributed by atoms with Crippen molar-refractivity contribution in [3.8, 4) is 10.6 Å². The molecule has 25 heavy (non-hydrogen) atoms. The van der Waals surface area contributed by atoms with Gasteiger partial charge in [0.25, 0.3) is 5.91 Å². The van der Waals surface area contributed by atoms with Crippen molar-refractivity contribution in [3.63, 3.8) is 0 Å². The topological polar surface area (TPSA) is 72.0 Å². The van der Waals surface area contributed by atoms with Crippen LogP contribution in [-0.2, 0) is 0 Å². The maximum absolute atomic E-state index is 12.2. The Hall–Kier alpha value is -2.38. The van der Waals surface area contributed by atoms with Gasteiger partial charge < -0.3 is 0 Å². The minimum absolute atomic E-state index is 0.0490. The van der Waals surface area contributed by atoms with Gasteiger partial charge in [-0.05, 0) is 30.5 Å². The second kappa shape index (κ2) is 7.25. The molecule has 5 nitrogen and oxygen atoms in total. The highest BCUT2D eigenvalue weighted by Crippen LogP contribution is 2.28. The summed E-state index contributed by atoms with van der Waals surface area (Å²) in [6, 6.07) is 11.5. The van der Waals surface area contributed by atoms with E-state index in [0.29, 0.717) is 20.8 Å². The Morgan fingerprint density at radius 1 is 0.960 bits per heavy atom. The molecular weight excluding hydrogens is 354 g/mol. The second-order valence-corrected chi connectivity index (χ2v) is 7.92. The van der Waals surface area contributed by atoms with Crippen LogP contribution in [0.15, 0.2) is 36.4 Å². The van der Waals surface area contributed by atoms with E-state index < -0.39 is 0 Å². The molecule has 128 valence electrons. The Labute approximate surface area is 153 Å². The van der Waals surface area contributed by atoms with E-state index in [-0.39, 0.29) is 11.7 Å². The predicted octanol–water partition coefficient (Wildman–Crippen LogP) is 4.84. The van der Waals surface area contributed by atoms with Crippen LogP contribution < -0.4 is 5.32 Å². The van der Waals surface area contributed by atoms with Crippen LogP contribution in [-0.4, -0.2) is 21.9 Å². The molecule has 0 aliphatic heterocycles. The van der Waals surface area contributed by atoms with Gasteiger partial charge in [0.2, 0.25) is 5.13 Å². The lowest BCUT2D eigenvalue weighted by atomic mass is 10.0. The van der Waals surface area contributed by atoms with E-state index >= 15 is 0 Å². The number of hydrogen-bond donors (Lipinski definition) is 1. The number of nitrogens with zero attached hydrogens (tertiary/aromatic N) is 2. The van der Waals surface area contributed by atoms with Gasteiger partial charge in [0.15, 0.2) is 5.78 Å². The molecule has 0 saturated heterocycles. The van der Waals surface area contributed by atoms with Crippen molar-refractivity contribution >= 4 is 39.5 Å². The van der Waals surface area contributed by atoms with E-state index in [1.807, 2.05) is 12.1 Å². The van der Waals surface area contributed by atoms with Crippen molar-refractivity contribution in [2.45, 2.75) is 26.7 Å². The van der Waals surface area contributed by atoms with Gasteiger partial charge in [0.1, 0.15) is 5.01 Å². The average molecular weight is 371 g/mol. The van der Waals surface area contributed by atoms with Crippen LogP contribution in [0.3, 0.4) is 0 Å². The molecule has 0 radical (unpaired) electrons. The monoisotopic (exact) mass is 371 g/mol. The number of aromatic nitrogens is 2. The summed E-state index contributed by atoms with van der Waals surface area (Å²) in [6.45, 7) is 5.78. The highest BCUT2D eigenvalue weighted by atomic mass is 32.1. The van der Waals surface area contributed by atoms with Crippen LogP contribution in [0.25, 0.3) is 10.6 Å². The van der Waals surface area contributed by atoms with E-state index in [4.69, 9.17) is 0 Å². The largest absolute Gasteiger partial charge is 0.296 e. The Balaban J connectivity index is 1.72. The van der Waals surface area contributed by atoms with E-state index in [1.54, 1.807) is 12.1 Å². The Bertz CT molecular complexity index is 911. The van der Waals surface area contributed by atoms with Crippen molar-refractivity contribution in [2.75, 3.05) is 5.32 Å². The molecule has 0 aliphatic carbocycles. The molecule has 1 N–H and O–H groups in total. The quantitative estimate of drug-likeness (QED) is 0.651. The maximum Gasteiger partial charge on any atom is 0.267 e. The number of Topliss-reactive ketones (excluding diaryl/α,β-unsaturated/α-hetero) is 1. The van der Waals surface area contributed by atoms with Gasteiger partial charge in [-0.1, -0.05) is 49.4 Å². The number of benzene rings is 1. The second-order valence-electron chi connectivity index (χ2n) is 5.86. The van der Waals surface area contributed by atoms with E-state index in [0.717, 1.165) is 10.6 Å². The third-order valence-electron chi connectivity index (χ3n) is 3.65. The zero-order chi connectivity index (χ0) is 18.0. The predicted molar refractivity (Wildman–Crippen MR) is 102 cm³/mol. The molecule has 3 aromatic rings. The van der Waals surface area contributed by atoms with Gasteiger partial charge in [-0.2, -0.15) is 0 Å². The number of nitrogens with one attached hydrogen (secondary N) is 1. The minimum atomic E-state index is -0.282. The third-order valence-corrected chi connectivity index (χ3v) is 5.72. The Morgan fingerprint density at radius 2 is 1.64 bits per heavy atom. The van der Waals surface area contributed by atoms with E-state index in [9.17, 15) is 9.59 Å². The molecule has 2 heterocycles. The highest BCUT2D eigenvalue weighted by molar-refractivity contribution is 7.19. The molecule has 0 aliphatic rings. The van der Waals surface area contributed by atoms with Gasteiger partial charge in [-0.15, -0.1) is 21.5 Å². The van der Waals surface area contributed by atoms with Crippen molar-refractivity contribution in [3.05, 3.63) is 51.7 Å². The third kappa shape index (κ3) is 4.00. The lowest BCUT2D eigenvalue weighted by Gasteiger charge is -2.04. The van der Waals surface area contributed by atoms with Crippen molar-refractivity contribution in [2.24, 2.45) is 0 Å². The molecule has 0 saturated carbocycles. The zero-order valence-electron chi connectivity index (χ0n) is 14.1. The molecule has 0 bridgehead atoms. The molecule has 3 rings (SSSR count). The van der Waals surface area contributed by atoms with Crippen LogP contribution in [0, 0.1) is 0 Å². The molecule has 0 atom stereocenters. The smallest absolute Gasteiger partial charge is 0.267 e. The Kier molecular flexibility index (Phi) is 5.06. The fraction of sp³-hybridized carbons (Fsp3) is 0.222. The molecule has 2 aromatic heterocycles. The number of ketones is 1. The Morgan fingerprint density at radius 3 is 2.24 bits per heavy atom.